The normalized spacial score (nSPS) is 28.1. The van der Waals surface area contributed by atoms with Gasteiger partial charge in [-0.1, -0.05) is 94.9 Å². The first kappa shape index (κ1) is 27.2. The Bertz CT molecular complexity index is 1830. The second-order valence-corrected chi connectivity index (χ2v) is 13.0. The summed E-state index contributed by atoms with van der Waals surface area (Å²) in [4.78, 5) is 30.0. The predicted molar refractivity (Wildman–Crippen MR) is 167 cm³/mol. The minimum absolute atomic E-state index is 0.0548. The van der Waals surface area contributed by atoms with E-state index in [0.717, 1.165) is 28.3 Å². The summed E-state index contributed by atoms with van der Waals surface area (Å²) in [6.45, 7) is 2.05. The molecule has 2 spiro atoms. The molecule has 7 heteroatoms. The Morgan fingerprint density at radius 1 is 0.854 bits per heavy atom. The number of carbonyl (C=O) groups excluding carboxylic acids is 2. The molecule has 1 saturated heterocycles. The summed E-state index contributed by atoms with van der Waals surface area (Å²) < 4.78 is 0. The number of Topliss-reactive ketones (excluding diaryl/α,β-unsaturated/α-hetero) is 2. The van der Waals surface area contributed by atoms with Gasteiger partial charge in [-0.15, -0.1) is 0 Å². The van der Waals surface area contributed by atoms with Crippen molar-refractivity contribution in [2.45, 2.75) is 43.7 Å². The minimum Gasteiger partial charge on any atom is -0.297 e. The molecule has 7 rings (SSSR count). The summed E-state index contributed by atoms with van der Waals surface area (Å²) in [5.74, 6) is -0.513. The molecule has 0 bridgehead atoms. The van der Waals surface area contributed by atoms with Crippen LogP contribution in [0.1, 0.15) is 59.2 Å². The third-order valence-corrected chi connectivity index (χ3v) is 10.5. The monoisotopic (exact) mass is 619 g/mol. The SMILES string of the molecule is CC1N[C@@]2(C(=O)c3cccc4cccc2c34)[C@@]2(CCC/C(=C\c3ccc(Cl)cc3Cl)C2=O)[C@H]1c1ccc(Cl)cc1Cl. The van der Waals surface area contributed by atoms with E-state index < -0.39 is 16.9 Å². The van der Waals surface area contributed by atoms with Crippen LogP contribution < -0.4 is 5.32 Å². The van der Waals surface area contributed by atoms with Gasteiger partial charge < -0.3 is 0 Å². The molecule has 206 valence electrons. The number of ketones is 2. The quantitative estimate of drug-likeness (QED) is 0.227. The number of hydrogen-bond acceptors (Lipinski definition) is 3. The number of carbonyl (C=O) groups is 2. The lowest BCUT2D eigenvalue weighted by molar-refractivity contribution is -0.130. The number of allylic oxidation sites excluding steroid dienone is 1. The average Bonchev–Trinajstić information content (AvgIpc) is 3.34. The van der Waals surface area contributed by atoms with Gasteiger partial charge in [0.1, 0.15) is 5.54 Å². The minimum atomic E-state index is -1.26. The molecule has 41 heavy (non-hydrogen) atoms. The van der Waals surface area contributed by atoms with Gasteiger partial charge >= 0.3 is 0 Å². The van der Waals surface area contributed by atoms with Gasteiger partial charge in [0, 0.05) is 37.6 Å². The number of benzene rings is 4. The molecule has 0 amide bonds. The van der Waals surface area contributed by atoms with Gasteiger partial charge in [0.25, 0.3) is 0 Å². The summed E-state index contributed by atoms with van der Waals surface area (Å²) in [7, 11) is 0. The molecular formula is C34H25Cl4NO2. The van der Waals surface area contributed by atoms with E-state index in [0.29, 0.717) is 49.6 Å². The lowest BCUT2D eigenvalue weighted by Gasteiger charge is -2.48. The molecule has 1 N–H and O–H groups in total. The highest BCUT2D eigenvalue weighted by Gasteiger charge is 2.73. The molecule has 3 nitrogen and oxygen atoms in total. The number of halogens is 4. The van der Waals surface area contributed by atoms with Crippen molar-refractivity contribution < 1.29 is 9.59 Å². The number of hydrogen-bond donors (Lipinski definition) is 1. The third-order valence-electron chi connectivity index (χ3n) is 9.34. The Morgan fingerprint density at radius 3 is 2.29 bits per heavy atom. The van der Waals surface area contributed by atoms with E-state index in [1.54, 1.807) is 24.3 Å². The fourth-order valence-electron chi connectivity index (χ4n) is 7.93. The summed E-state index contributed by atoms with van der Waals surface area (Å²) in [5.41, 5.74) is 1.26. The molecule has 2 aliphatic carbocycles. The fraction of sp³-hybridized carbons (Fsp3) is 0.235. The lowest BCUT2D eigenvalue weighted by atomic mass is 9.52. The van der Waals surface area contributed by atoms with E-state index in [1.807, 2.05) is 61.5 Å². The lowest BCUT2D eigenvalue weighted by Crippen LogP contribution is -2.59. The molecule has 4 aromatic carbocycles. The van der Waals surface area contributed by atoms with Gasteiger partial charge in [-0.2, -0.15) is 0 Å². The van der Waals surface area contributed by atoms with Crippen LogP contribution in [0, 0.1) is 5.41 Å². The molecule has 0 radical (unpaired) electrons. The van der Waals surface area contributed by atoms with Crippen molar-refractivity contribution in [2.75, 3.05) is 0 Å². The second-order valence-electron chi connectivity index (χ2n) is 11.4. The fourth-order valence-corrected chi connectivity index (χ4v) is 8.91. The summed E-state index contributed by atoms with van der Waals surface area (Å²) in [6, 6.07) is 22.2. The molecule has 2 fully saturated rings. The summed E-state index contributed by atoms with van der Waals surface area (Å²) in [6.07, 6.45) is 3.69. The highest BCUT2D eigenvalue weighted by atomic mass is 35.5. The zero-order valence-corrected chi connectivity index (χ0v) is 25.1. The third kappa shape index (κ3) is 3.70. The molecular weight excluding hydrogens is 596 g/mol. The maximum Gasteiger partial charge on any atom is 0.189 e. The molecule has 4 aromatic rings. The maximum absolute atomic E-state index is 15.2. The van der Waals surface area contributed by atoms with Crippen LogP contribution in [-0.4, -0.2) is 17.6 Å². The molecule has 1 aliphatic heterocycles. The highest BCUT2D eigenvalue weighted by Crippen LogP contribution is 2.66. The zero-order valence-electron chi connectivity index (χ0n) is 22.1. The van der Waals surface area contributed by atoms with E-state index in [2.05, 4.69) is 5.32 Å². The Labute approximate surface area is 258 Å². The van der Waals surface area contributed by atoms with Gasteiger partial charge in [0.15, 0.2) is 11.6 Å². The Morgan fingerprint density at radius 2 is 1.56 bits per heavy atom. The molecule has 0 aromatic heterocycles. The van der Waals surface area contributed by atoms with Crippen molar-refractivity contribution in [1.82, 2.24) is 5.32 Å². The van der Waals surface area contributed by atoms with Crippen LogP contribution in [0.25, 0.3) is 16.8 Å². The van der Waals surface area contributed by atoms with Crippen LogP contribution in [0.5, 0.6) is 0 Å². The van der Waals surface area contributed by atoms with Gasteiger partial charge in [0.05, 0.1) is 5.41 Å². The smallest absolute Gasteiger partial charge is 0.189 e. The average molecular weight is 621 g/mol. The first-order chi connectivity index (χ1) is 19.7. The summed E-state index contributed by atoms with van der Waals surface area (Å²) >= 11 is 25.9. The first-order valence-electron chi connectivity index (χ1n) is 13.7. The van der Waals surface area contributed by atoms with Gasteiger partial charge in [0.2, 0.25) is 0 Å². The van der Waals surface area contributed by atoms with Crippen molar-refractivity contribution in [3.63, 3.8) is 0 Å². The van der Waals surface area contributed by atoms with Gasteiger partial charge in [-0.25, -0.2) is 0 Å². The van der Waals surface area contributed by atoms with Crippen molar-refractivity contribution in [2.24, 2.45) is 5.41 Å². The van der Waals surface area contributed by atoms with Crippen LogP contribution in [0.3, 0.4) is 0 Å². The Kier molecular flexibility index (Phi) is 6.43. The van der Waals surface area contributed by atoms with Crippen molar-refractivity contribution in [3.8, 4) is 0 Å². The molecule has 1 unspecified atom stereocenters. The Hall–Kier alpha value is -2.66. The predicted octanol–water partition coefficient (Wildman–Crippen LogP) is 9.44. The molecule has 1 heterocycles. The van der Waals surface area contributed by atoms with E-state index in [1.165, 1.54) is 0 Å². The number of rotatable bonds is 2. The largest absolute Gasteiger partial charge is 0.297 e. The van der Waals surface area contributed by atoms with E-state index in [9.17, 15) is 4.79 Å². The first-order valence-corrected chi connectivity index (χ1v) is 15.2. The van der Waals surface area contributed by atoms with Crippen molar-refractivity contribution >= 4 is 74.8 Å². The van der Waals surface area contributed by atoms with Crippen LogP contribution in [0.2, 0.25) is 20.1 Å². The van der Waals surface area contributed by atoms with E-state index in [-0.39, 0.29) is 17.6 Å². The molecule has 3 aliphatic rings. The Balaban J connectivity index is 1.52. The number of nitrogens with one attached hydrogen (secondary N) is 1. The topological polar surface area (TPSA) is 46.2 Å². The van der Waals surface area contributed by atoms with Crippen molar-refractivity contribution in [3.05, 3.63) is 121 Å². The van der Waals surface area contributed by atoms with Gasteiger partial charge in [-0.05, 0) is 89.6 Å². The van der Waals surface area contributed by atoms with Gasteiger partial charge in [-0.3, -0.25) is 14.9 Å². The highest BCUT2D eigenvalue weighted by molar-refractivity contribution is 6.36. The standard InChI is InChI=1S/C34H25Cl4NO2/c1-18-30(24-13-12-23(36)17-28(24)38)33(14-4-7-21(31(33)40)15-20-10-11-22(35)16-27(20)37)34(39-18)26-9-3-6-19-5-2-8-25(29(19)26)32(34)41/h2-3,5-6,8-13,15-18,30,39H,4,7,14H2,1H3/b21-15+/t18?,30-,33+,34+/m1/s1. The van der Waals surface area contributed by atoms with Crippen molar-refractivity contribution in [1.29, 1.82) is 0 Å². The maximum atomic E-state index is 15.2. The van der Waals surface area contributed by atoms with E-state index in [4.69, 9.17) is 46.4 Å². The second kappa shape index (κ2) is 9.69. The molecule has 4 atom stereocenters. The van der Waals surface area contributed by atoms with Crippen LogP contribution in [0.4, 0.5) is 0 Å². The van der Waals surface area contributed by atoms with Crippen LogP contribution in [-0.2, 0) is 10.3 Å². The molecule has 1 saturated carbocycles. The summed E-state index contributed by atoms with van der Waals surface area (Å²) in [5, 5.41) is 7.62. The van der Waals surface area contributed by atoms with Crippen LogP contribution >= 0.6 is 46.4 Å². The van der Waals surface area contributed by atoms with Crippen LogP contribution in [0.15, 0.2) is 78.4 Å². The number of fused-ring (bicyclic) bond motifs is 2. The van der Waals surface area contributed by atoms with E-state index >= 15 is 4.79 Å². The zero-order chi connectivity index (χ0) is 28.7.